The Balaban J connectivity index is 1.49. The molecule has 1 fully saturated rings. The average Bonchev–Trinajstić information content (AvgIpc) is 3.02. The molecule has 0 spiro atoms. The molecule has 1 saturated heterocycles. The molecule has 1 aliphatic rings. The van der Waals surface area contributed by atoms with Crippen molar-refractivity contribution >= 4 is 40.8 Å². The van der Waals surface area contributed by atoms with Gasteiger partial charge in [0.05, 0.1) is 0 Å². The van der Waals surface area contributed by atoms with Crippen LogP contribution < -0.4 is 10.6 Å². The van der Waals surface area contributed by atoms with Gasteiger partial charge in [-0.2, -0.15) is 0 Å². The van der Waals surface area contributed by atoms with Gasteiger partial charge in [-0.15, -0.1) is 0 Å². The van der Waals surface area contributed by atoms with E-state index in [1.54, 1.807) is 12.1 Å². The van der Waals surface area contributed by atoms with Crippen LogP contribution >= 0.6 is 23.2 Å². The molecule has 142 valence electrons. The van der Waals surface area contributed by atoms with Gasteiger partial charge in [-0.1, -0.05) is 41.4 Å². The summed E-state index contributed by atoms with van der Waals surface area (Å²) in [6, 6.07) is 12.6. The monoisotopic (exact) mass is 405 g/mol. The summed E-state index contributed by atoms with van der Waals surface area (Å²) in [7, 11) is 0. The number of nitrogens with one attached hydrogen (secondary N) is 2. The van der Waals surface area contributed by atoms with E-state index in [0.717, 1.165) is 24.1 Å². The number of urea groups is 1. The fraction of sp³-hybridized carbons (Fsp3) is 0.300. The highest BCUT2D eigenvalue weighted by Gasteiger charge is 2.20. The van der Waals surface area contributed by atoms with Gasteiger partial charge in [-0.3, -0.25) is 4.79 Å². The summed E-state index contributed by atoms with van der Waals surface area (Å²) in [5, 5.41) is 6.82. The van der Waals surface area contributed by atoms with Gasteiger partial charge in [0.2, 0.25) is 5.91 Å². The molecule has 3 rings (SSSR count). The Morgan fingerprint density at radius 2 is 2.00 bits per heavy atom. The van der Waals surface area contributed by atoms with Crippen molar-refractivity contribution in [3.05, 3.63) is 63.6 Å². The smallest absolute Gasteiger partial charge is 0.319 e. The topological polar surface area (TPSA) is 61.4 Å². The van der Waals surface area contributed by atoms with Crippen LogP contribution in [0.25, 0.3) is 0 Å². The summed E-state index contributed by atoms with van der Waals surface area (Å²) in [5.74, 6) is 0.187. The van der Waals surface area contributed by atoms with Crippen LogP contribution in [0.15, 0.2) is 42.5 Å². The molecule has 0 saturated carbocycles. The summed E-state index contributed by atoms with van der Waals surface area (Å²) in [5.41, 5.74) is 2.62. The lowest BCUT2D eigenvalue weighted by Gasteiger charge is -2.16. The van der Waals surface area contributed by atoms with Crippen LogP contribution in [0.2, 0.25) is 10.0 Å². The normalized spacial score (nSPS) is 13.7. The zero-order valence-electron chi connectivity index (χ0n) is 14.8. The molecule has 1 aliphatic heterocycles. The first-order valence-electron chi connectivity index (χ1n) is 8.87. The molecule has 7 heteroatoms. The van der Waals surface area contributed by atoms with E-state index in [1.165, 1.54) is 0 Å². The minimum Gasteiger partial charge on any atom is -0.338 e. The summed E-state index contributed by atoms with van der Waals surface area (Å²) < 4.78 is 0. The number of rotatable bonds is 6. The zero-order chi connectivity index (χ0) is 19.2. The third-order valence-electron chi connectivity index (χ3n) is 4.42. The molecule has 1 heterocycles. The van der Waals surface area contributed by atoms with Crippen LogP contribution in [0.3, 0.4) is 0 Å². The number of benzene rings is 2. The van der Waals surface area contributed by atoms with E-state index in [0.29, 0.717) is 41.7 Å². The number of carbonyl (C=O) groups excluding carboxylic acids is 2. The number of halogens is 2. The Labute approximate surface area is 168 Å². The summed E-state index contributed by atoms with van der Waals surface area (Å²) in [4.78, 5) is 25.7. The number of carbonyl (C=O) groups is 2. The van der Waals surface area contributed by atoms with Crippen LogP contribution in [0, 0.1) is 0 Å². The van der Waals surface area contributed by atoms with E-state index in [2.05, 4.69) is 10.6 Å². The third-order valence-corrected chi connectivity index (χ3v) is 5.01. The standard InChI is InChI=1S/C20H21Cl2N3O2/c21-16-7-6-15(18(22)12-16)8-9-23-20(27)24-17-4-1-3-14(11-17)13-25-10-2-5-19(25)26/h1,3-4,6-7,11-12H,2,5,8-10,13H2,(H2,23,24,27). The Kier molecular flexibility index (Phi) is 6.58. The number of hydrogen-bond acceptors (Lipinski definition) is 2. The predicted molar refractivity (Wildman–Crippen MR) is 108 cm³/mol. The Bertz CT molecular complexity index is 842. The highest BCUT2D eigenvalue weighted by Crippen LogP contribution is 2.21. The van der Waals surface area contributed by atoms with Crippen LogP contribution in [0.1, 0.15) is 24.0 Å². The van der Waals surface area contributed by atoms with Gasteiger partial charge in [0, 0.05) is 41.8 Å². The number of nitrogens with zero attached hydrogens (tertiary/aromatic N) is 1. The minimum absolute atomic E-state index is 0.187. The lowest BCUT2D eigenvalue weighted by molar-refractivity contribution is -0.128. The van der Waals surface area contributed by atoms with E-state index in [-0.39, 0.29) is 11.9 Å². The van der Waals surface area contributed by atoms with E-state index in [4.69, 9.17) is 23.2 Å². The number of amides is 3. The molecular weight excluding hydrogens is 385 g/mol. The maximum absolute atomic E-state index is 12.1. The molecule has 27 heavy (non-hydrogen) atoms. The molecule has 0 unspecified atom stereocenters. The minimum atomic E-state index is -0.283. The molecule has 3 amide bonds. The van der Waals surface area contributed by atoms with Crippen molar-refractivity contribution in [1.29, 1.82) is 0 Å². The number of hydrogen-bond donors (Lipinski definition) is 2. The van der Waals surface area contributed by atoms with Gasteiger partial charge < -0.3 is 15.5 Å². The Morgan fingerprint density at radius 3 is 2.74 bits per heavy atom. The summed E-state index contributed by atoms with van der Waals surface area (Å²) >= 11 is 12.0. The van der Waals surface area contributed by atoms with Gasteiger partial charge in [0.25, 0.3) is 0 Å². The predicted octanol–water partition coefficient (Wildman–Crippen LogP) is 4.48. The third kappa shape index (κ3) is 5.62. The fourth-order valence-electron chi connectivity index (χ4n) is 3.05. The maximum Gasteiger partial charge on any atom is 0.319 e. The molecule has 0 aliphatic carbocycles. The second kappa shape index (κ2) is 9.11. The second-order valence-electron chi connectivity index (χ2n) is 6.49. The van der Waals surface area contributed by atoms with Crippen molar-refractivity contribution in [1.82, 2.24) is 10.2 Å². The Hall–Kier alpha value is -2.24. The largest absolute Gasteiger partial charge is 0.338 e. The lowest BCUT2D eigenvalue weighted by Crippen LogP contribution is -2.30. The van der Waals surface area contributed by atoms with Gasteiger partial charge in [-0.05, 0) is 48.2 Å². The molecule has 0 atom stereocenters. The van der Waals surface area contributed by atoms with Gasteiger partial charge >= 0.3 is 6.03 Å². The van der Waals surface area contributed by atoms with Crippen molar-refractivity contribution in [3.8, 4) is 0 Å². The van der Waals surface area contributed by atoms with Crippen molar-refractivity contribution in [3.63, 3.8) is 0 Å². The van der Waals surface area contributed by atoms with E-state index in [1.807, 2.05) is 35.2 Å². The highest BCUT2D eigenvalue weighted by atomic mass is 35.5. The summed E-state index contributed by atoms with van der Waals surface area (Å²) in [6.07, 6.45) is 2.15. The van der Waals surface area contributed by atoms with Crippen LogP contribution in [0.5, 0.6) is 0 Å². The molecule has 0 aromatic heterocycles. The van der Waals surface area contributed by atoms with E-state index < -0.39 is 0 Å². The molecule has 0 bridgehead atoms. The maximum atomic E-state index is 12.1. The summed E-state index contributed by atoms with van der Waals surface area (Å²) in [6.45, 7) is 1.82. The van der Waals surface area contributed by atoms with Crippen molar-refractivity contribution in [2.75, 3.05) is 18.4 Å². The molecule has 2 aromatic rings. The first-order chi connectivity index (χ1) is 13.0. The SMILES string of the molecule is O=C(NCCc1ccc(Cl)cc1Cl)Nc1cccc(CN2CCCC2=O)c1. The number of likely N-dealkylation sites (tertiary alicyclic amines) is 1. The quantitative estimate of drug-likeness (QED) is 0.743. The van der Waals surface area contributed by atoms with E-state index >= 15 is 0 Å². The first-order valence-corrected chi connectivity index (χ1v) is 9.62. The lowest BCUT2D eigenvalue weighted by atomic mass is 10.1. The van der Waals surface area contributed by atoms with Gasteiger partial charge in [-0.25, -0.2) is 4.79 Å². The molecule has 2 N–H and O–H groups in total. The Morgan fingerprint density at radius 1 is 1.15 bits per heavy atom. The van der Waals surface area contributed by atoms with Gasteiger partial charge in [0.1, 0.15) is 0 Å². The molecular formula is C20H21Cl2N3O2. The van der Waals surface area contributed by atoms with Crippen LogP contribution in [-0.2, 0) is 17.8 Å². The van der Waals surface area contributed by atoms with E-state index in [9.17, 15) is 9.59 Å². The second-order valence-corrected chi connectivity index (χ2v) is 7.33. The van der Waals surface area contributed by atoms with Crippen LogP contribution in [-0.4, -0.2) is 29.9 Å². The van der Waals surface area contributed by atoms with Crippen molar-refractivity contribution in [2.24, 2.45) is 0 Å². The number of anilines is 1. The highest BCUT2D eigenvalue weighted by molar-refractivity contribution is 6.35. The van der Waals surface area contributed by atoms with Crippen molar-refractivity contribution in [2.45, 2.75) is 25.8 Å². The zero-order valence-corrected chi connectivity index (χ0v) is 16.3. The van der Waals surface area contributed by atoms with Crippen LogP contribution in [0.4, 0.5) is 10.5 Å². The molecule has 0 radical (unpaired) electrons. The first kappa shape index (κ1) is 19.5. The molecule has 5 nitrogen and oxygen atoms in total. The van der Waals surface area contributed by atoms with Crippen molar-refractivity contribution < 1.29 is 9.59 Å². The molecule has 2 aromatic carbocycles. The fourth-order valence-corrected chi connectivity index (χ4v) is 3.55. The average molecular weight is 406 g/mol. The van der Waals surface area contributed by atoms with Gasteiger partial charge in [0.15, 0.2) is 0 Å².